The summed E-state index contributed by atoms with van der Waals surface area (Å²) in [5, 5.41) is 2.67. The molecule has 2 heterocycles. The van der Waals surface area contributed by atoms with Crippen molar-refractivity contribution in [1.82, 2.24) is 4.40 Å². The summed E-state index contributed by atoms with van der Waals surface area (Å²) < 4.78 is 12.2. The molecule has 0 aliphatic heterocycles. The first-order valence-corrected chi connectivity index (χ1v) is 9.76. The Labute approximate surface area is 180 Å². The largest absolute Gasteiger partial charge is 0.497 e. The van der Waals surface area contributed by atoms with Crippen molar-refractivity contribution in [3.8, 4) is 22.6 Å². The summed E-state index contributed by atoms with van der Waals surface area (Å²) in [5.74, 6) is -0.403. The van der Waals surface area contributed by atoms with E-state index in [0.29, 0.717) is 28.4 Å². The third-order valence-electron chi connectivity index (χ3n) is 5.12. The van der Waals surface area contributed by atoms with Crippen LogP contribution in [0, 0.1) is 6.92 Å². The number of pyridine rings is 1. The fourth-order valence-corrected chi connectivity index (χ4v) is 3.50. The van der Waals surface area contributed by atoms with Gasteiger partial charge in [-0.2, -0.15) is 0 Å². The van der Waals surface area contributed by atoms with Gasteiger partial charge in [-0.25, -0.2) is 0 Å². The Balaban J connectivity index is 1.74. The summed E-state index contributed by atoms with van der Waals surface area (Å²) in [6.07, 6.45) is 1.78. The van der Waals surface area contributed by atoms with Gasteiger partial charge in [-0.3, -0.25) is 9.59 Å². The number of carbonyl (C=O) groups is 2. The van der Waals surface area contributed by atoms with Gasteiger partial charge in [-0.15, -0.1) is 0 Å². The molecule has 4 rings (SSSR count). The lowest BCUT2D eigenvalue weighted by Crippen LogP contribution is -2.25. The lowest BCUT2D eigenvalue weighted by molar-refractivity contribution is -0.112. The normalized spacial score (nSPS) is 10.7. The summed E-state index contributed by atoms with van der Waals surface area (Å²) >= 11 is 0. The minimum Gasteiger partial charge on any atom is -0.497 e. The van der Waals surface area contributed by atoms with Crippen molar-refractivity contribution in [2.45, 2.75) is 6.92 Å². The van der Waals surface area contributed by atoms with Crippen molar-refractivity contribution < 1.29 is 19.1 Å². The van der Waals surface area contributed by atoms with E-state index in [0.717, 1.165) is 16.6 Å². The Bertz CT molecular complexity index is 1270. The summed E-state index contributed by atoms with van der Waals surface area (Å²) in [6.45, 7) is 2.00. The van der Waals surface area contributed by atoms with E-state index in [1.165, 1.54) is 7.11 Å². The van der Waals surface area contributed by atoms with Gasteiger partial charge < -0.3 is 19.2 Å². The van der Waals surface area contributed by atoms with E-state index in [1.54, 1.807) is 35.9 Å². The number of rotatable bonds is 6. The molecule has 31 heavy (non-hydrogen) atoms. The van der Waals surface area contributed by atoms with E-state index < -0.39 is 11.7 Å². The average molecular weight is 414 g/mol. The number of Topliss-reactive ketones (excluding diaryl/α,β-unsaturated/α-hetero) is 1. The SMILES string of the molecule is COc1ccc(NC(=O)C(=O)c2c(-c3ccc(C)cc3)cc3ccccn23)c(OC)c1. The van der Waals surface area contributed by atoms with E-state index in [1.807, 2.05) is 55.5 Å². The lowest BCUT2D eigenvalue weighted by atomic mass is 10.0. The first-order chi connectivity index (χ1) is 15.0. The van der Waals surface area contributed by atoms with Gasteiger partial charge in [0.05, 0.1) is 19.9 Å². The van der Waals surface area contributed by atoms with E-state index in [4.69, 9.17) is 9.47 Å². The van der Waals surface area contributed by atoms with Gasteiger partial charge >= 0.3 is 0 Å². The molecule has 0 atom stereocenters. The van der Waals surface area contributed by atoms with Crippen LogP contribution >= 0.6 is 0 Å². The maximum atomic E-state index is 13.3. The number of fused-ring (bicyclic) bond motifs is 1. The Morgan fingerprint density at radius 1 is 0.903 bits per heavy atom. The highest BCUT2D eigenvalue weighted by Gasteiger charge is 2.25. The molecule has 0 aliphatic rings. The topological polar surface area (TPSA) is 69.0 Å². The van der Waals surface area contributed by atoms with Gasteiger partial charge in [-0.05, 0) is 42.8 Å². The average Bonchev–Trinajstić information content (AvgIpc) is 3.18. The number of hydrogen-bond acceptors (Lipinski definition) is 4. The number of carbonyl (C=O) groups excluding carboxylic acids is 2. The van der Waals surface area contributed by atoms with Crippen LogP contribution in [0.3, 0.4) is 0 Å². The highest BCUT2D eigenvalue weighted by atomic mass is 16.5. The molecule has 0 unspecified atom stereocenters. The number of nitrogens with one attached hydrogen (secondary N) is 1. The number of ether oxygens (including phenoxy) is 2. The van der Waals surface area contributed by atoms with Gasteiger partial charge in [0.1, 0.15) is 17.2 Å². The molecule has 156 valence electrons. The molecule has 1 N–H and O–H groups in total. The number of hydrogen-bond donors (Lipinski definition) is 1. The summed E-state index contributed by atoms with van der Waals surface area (Å²) in [5.41, 5.74) is 4.21. The summed E-state index contributed by atoms with van der Waals surface area (Å²) in [4.78, 5) is 26.3. The molecule has 1 amide bonds. The predicted octanol–water partition coefficient (Wildman–Crippen LogP) is 4.75. The highest BCUT2D eigenvalue weighted by Crippen LogP contribution is 2.31. The van der Waals surface area contributed by atoms with Crippen LogP contribution in [0.4, 0.5) is 5.69 Å². The monoisotopic (exact) mass is 414 g/mol. The molecule has 4 aromatic rings. The molecule has 0 fully saturated rings. The molecule has 0 bridgehead atoms. The van der Waals surface area contributed by atoms with Crippen LogP contribution < -0.4 is 14.8 Å². The smallest absolute Gasteiger partial charge is 0.298 e. The summed E-state index contributed by atoms with van der Waals surface area (Å²) in [7, 11) is 3.03. The number of methoxy groups -OCH3 is 2. The van der Waals surface area contributed by atoms with Crippen LogP contribution in [-0.2, 0) is 4.79 Å². The van der Waals surface area contributed by atoms with Gasteiger partial charge in [0.15, 0.2) is 0 Å². The van der Waals surface area contributed by atoms with Crippen molar-refractivity contribution >= 4 is 22.9 Å². The van der Waals surface area contributed by atoms with E-state index >= 15 is 0 Å². The fraction of sp³-hybridized carbons (Fsp3) is 0.120. The minimum absolute atomic E-state index is 0.310. The highest BCUT2D eigenvalue weighted by molar-refractivity contribution is 6.47. The molecule has 0 spiro atoms. The third-order valence-corrected chi connectivity index (χ3v) is 5.12. The molecular formula is C25H22N2O4. The van der Waals surface area contributed by atoms with Crippen LogP contribution in [0.1, 0.15) is 16.1 Å². The number of amides is 1. The Kier molecular flexibility index (Phi) is 5.45. The number of ketones is 1. The molecule has 0 radical (unpaired) electrons. The molecule has 0 saturated carbocycles. The van der Waals surface area contributed by atoms with Crippen LogP contribution in [0.5, 0.6) is 11.5 Å². The fourth-order valence-electron chi connectivity index (χ4n) is 3.50. The first kappa shape index (κ1) is 20.2. The van der Waals surface area contributed by atoms with Gasteiger partial charge in [-0.1, -0.05) is 35.9 Å². The lowest BCUT2D eigenvalue weighted by Gasteiger charge is -2.12. The Hall–Kier alpha value is -4.06. The number of nitrogens with zero attached hydrogens (tertiary/aromatic N) is 1. The number of aromatic nitrogens is 1. The van der Waals surface area contributed by atoms with Crippen LogP contribution in [0.2, 0.25) is 0 Å². The Morgan fingerprint density at radius 3 is 2.39 bits per heavy atom. The van der Waals surface area contributed by atoms with Gasteiger partial charge in [0.25, 0.3) is 11.7 Å². The molecular weight excluding hydrogens is 392 g/mol. The zero-order valence-electron chi connectivity index (χ0n) is 17.5. The van der Waals surface area contributed by atoms with Crippen molar-refractivity contribution in [2.24, 2.45) is 0 Å². The van der Waals surface area contributed by atoms with Crippen molar-refractivity contribution in [3.63, 3.8) is 0 Å². The predicted molar refractivity (Wildman–Crippen MR) is 120 cm³/mol. The number of aryl methyl sites for hydroxylation is 1. The van der Waals surface area contributed by atoms with Gasteiger partial charge in [0.2, 0.25) is 0 Å². The molecule has 2 aromatic carbocycles. The van der Waals surface area contributed by atoms with Crippen molar-refractivity contribution in [2.75, 3.05) is 19.5 Å². The second-order valence-corrected chi connectivity index (χ2v) is 7.12. The minimum atomic E-state index is -0.749. The second-order valence-electron chi connectivity index (χ2n) is 7.12. The molecule has 2 aromatic heterocycles. The maximum Gasteiger partial charge on any atom is 0.298 e. The molecule has 0 saturated heterocycles. The number of benzene rings is 2. The zero-order valence-corrected chi connectivity index (χ0v) is 17.5. The third kappa shape index (κ3) is 3.88. The van der Waals surface area contributed by atoms with E-state index in [9.17, 15) is 9.59 Å². The molecule has 0 aliphatic carbocycles. The second kappa shape index (κ2) is 8.36. The van der Waals surface area contributed by atoms with E-state index in [2.05, 4.69) is 5.32 Å². The standard InChI is InChI=1S/C25H22N2O4/c1-16-7-9-17(10-8-16)20-14-18-6-4-5-13-27(18)23(20)24(28)25(29)26-21-12-11-19(30-2)15-22(21)31-3/h4-15H,1-3H3,(H,26,29). The van der Waals surface area contributed by atoms with Crippen molar-refractivity contribution in [3.05, 3.63) is 84.2 Å². The quantitative estimate of drug-likeness (QED) is 0.365. The molecule has 6 nitrogen and oxygen atoms in total. The molecule has 6 heteroatoms. The zero-order chi connectivity index (χ0) is 22.0. The van der Waals surface area contributed by atoms with E-state index in [-0.39, 0.29) is 0 Å². The van der Waals surface area contributed by atoms with Gasteiger partial charge in [0, 0.05) is 23.3 Å². The van der Waals surface area contributed by atoms with Crippen molar-refractivity contribution in [1.29, 1.82) is 0 Å². The Morgan fingerprint density at radius 2 is 1.68 bits per heavy atom. The van der Waals surface area contributed by atoms with Crippen LogP contribution in [0.25, 0.3) is 16.6 Å². The first-order valence-electron chi connectivity index (χ1n) is 9.76. The van der Waals surface area contributed by atoms with Crippen LogP contribution in [-0.4, -0.2) is 30.3 Å². The van der Waals surface area contributed by atoms with Crippen LogP contribution in [0.15, 0.2) is 72.9 Å². The number of anilines is 1. The summed E-state index contributed by atoms with van der Waals surface area (Å²) in [6, 6.07) is 20.4. The maximum absolute atomic E-state index is 13.3.